The van der Waals surface area contributed by atoms with E-state index in [9.17, 15) is 4.79 Å². The van der Waals surface area contributed by atoms with Crippen LogP contribution in [0, 0.1) is 6.92 Å². The van der Waals surface area contributed by atoms with Crippen molar-refractivity contribution < 1.29 is 14.3 Å². The van der Waals surface area contributed by atoms with Gasteiger partial charge >= 0.3 is 6.09 Å². The number of aryl methyl sites for hydroxylation is 1. The van der Waals surface area contributed by atoms with Gasteiger partial charge in [-0.1, -0.05) is 12.1 Å². The minimum absolute atomic E-state index is 0.420. The molecule has 0 radical (unpaired) electrons. The number of hydrogen-bond acceptors (Lipinski definition) is 3. The van der Waals surface area contributed by atoms with Crippen LogP contribution in [0.25, 0.3) is 11.3 Å². The molecule has 4 nitrogen and oxygen atoms in total. The molecule has 0 amide bonds. The largest absolute Gasteiger partial charge is 0.496 e. The van der Waals surface area contributed by atoms with Crippen molar-refractivity contribution in [2.75, 3.05) is 7.11 Å². The molecule has 0 bridgehead atoms. The summed E-state index contributed by atoms with van der Waals surface area (Å²) in [5.41, 5.74) is 2.02. The number of nitrogens with zero attached hydrogens (tertiary/aromatic N) is 1. The monoisotopic (exact) mass is 365 g/mol. The molecular formula is C17H20BrNO3. The molecule has 2 rings (SSSR count). The van der Waals surface area contributed by atoms with Gasteiger partial charge in [0.1, 0.15) is 11.4 Å². The number of carbonyl (C=O) groups is 1. The Labute approximate surface area is 139 Å². The first-order valence-corrected chi connectivity index (χ1v) is 7.77. The number of carbonyl (C=O) groups excluding carboxylic acids is 1. The van der Waals surface area contributed by atoms with Crippen LogP contribution in [0.15, 0.2) is 34.9 Å². The SMILES string of the molecule is COc1c(C)cccc1-c1cc(Br)cn1C(=O)OC(C)(C)C. The predicted octanol–water partition coefficient (Wildman–Crippen LogP) is 5.02. The van der Waals surface area contributed by atoms with E-state index in [1.54, 1.807) is 13.3 Å². The summed E-state index contributed by atoms with van der Waals surface area (Å²) in [6.07, 6.45) is 1.28. The normalized spacial score (nSPS) is 11.4. The molecule has 0 aliphatic carbocycles. The second-order valence-electron chi connectivity index (χ2n) is 6.05. The first-order valence-electron chi connectivity index (χ1n) is 6.98. The number of rotatable bonds is 2. The smallest absolute Gasteiger partial charge is 0.419 e. The number of benzene rings is 1. The summed E-state index contributed by atoms with van der Waals surface area (Å²) >= 11 is 3.42. The molecule has 0 aliphatic heterocycles. The molecule has 1 aromatic heterocycles. The average molecular weight is 366 g/mol. The van der Waals surface area contributed by atoms with Crippen LogP contribution < -0.4 is 4.74 Å². The fraction of sp³-hybridized carbons (Fsp3) is 0.353. The lowest BCUT2D eigenvalue weighted by atomic mass is 10.1. The van der Waals surface area contributed by atoms with Crippen molar-refractivity contribution in [3.05, 3.63) is 40.5 Å². The minimum atomic E-state index is -0.554. The van der Waals surface area contributed by atoms with E-state index in [1.807, 2.05) is 52.0 Å². The molecule has 1 heterocycles. The van der Waals surface area contributed by atoms with Gasteiger partial charge in [0.15, 0.2) is 0 Å². The molecule has 0 atom stereocenters. The van der Waals surface area contributed by atoms with Gasteiger partial charge < -0.3 is 9.47 Å². The van der Waals surface area contributed by atoms with Crippen LogP contribution in [0.5, 0.6) is 5.75 Å². The van der Waals surface area contributed by atoms with Gasteiger partial charge in [-0.3, -0.25) is 4.57 Å². The maximum atomic E-state index is 12.4. The van der Waals surface area contributed by atoms with Crippen molar-refractivity contribution in [3.8, 4) is 17.0 Å². The van der Waals surface area contributed by atoms with Crippen LogP contribution in [0.4, 0.5) is 4.79 Å². The van der Waals surface area contributed by atoms with Gasteiger partial charge in [-0.05, 0) is 61.3 Å². The molecular weight excluding hydrogens is 346 g/mol. The lowest BCUT2D eigenvalue weighted by Gasteiger charge is -2.21. The Kier molecular flexibility index (Phi) is 4.66. The average Bonchev–Trinajstić information content (AvgIpc) is 2.78. The van der Waals surface area contributed by atoms with Crippen LogP contribution in [-0.2, 0) is 4.74 Å². The standard InChI is InChI=1S/C17H20BrNO3/c1-11-7-6-8-13(15(11)21-5)14-9-12(18)10-19(14)16(20)22-17(2,3)4/h6-10H,1-5H3. The maximum Gasteiger partial charge on any atom is 0.419 e. The van der Waals surface area contributed by atoms with Crippen LogP contribution in [0.3, 0.4) is 0 Å². The molecule has 118 valence electrons. The topological polar surface area (TPSA) is 40.5 Å². The molecule has 0 N–H and O–H groups in total. The van der Waals surface area contributed by atoms with Gasteiger partial charge in [-0.25, -0.2) is 4.79 Å². The third-order valence-corrected chi connectivity index (χ3v) is 3.50. The van der Waals surface area contributed by atoms with E-state index in [0.29, 0.717) is 0 Å². The highest BCUT2D eigenvalue weighted by Crippen LogP contribution is 2.35. The Morgan fingerprint density at radius 2 is 1.95 bits per heavy atom. The maximum absolute atomic E-state index is 12.4. The van der Waals surface area contributed by atoms with Crippen LogP contribution in [-0.4, -0.2) is 23.4 Å². The second kappa shape index (κ2) is 6.16. The number of halogens is 1. The molecule has 5 heteroatoms. The van der Waals surface area contributed by atoms with Crippen molar-refractivity contribution in [2.24, 2.45) is 0 Å². The number of methoxy groups -OCH3 is 1. The van der Waals surface area contributed by atoms with E-state index in [4.69, 9.17) is 9.47 Å². The van der Waals surface area contributed by atoms with Gasteiger partial charge in [0.25, 0.3) is 0 Å². The molecule has 22 heavy (non-hydrogen) atoms. The summed E-state index contributed by atoms with van der Waals surface area (Å²) in [5.74, 6) is 0.748. The van der Waals surface area contributed by atoms with Crippen molar-refractivity contribution in [2.45, 2.75) is 33.3 Å². The highest BCUT2D eigenvalue weighted by Gasteiger charge is 2.22. The number of para-hydroxylation sites is 1. The first-order chi connectivity index (χ1) is 10.2. The third kappa shape index (κ3) is 3.53. The Morgan fingerprint density at radius 1 is 1.27 bits per heavy atom. The summed E-state index contributed by atoms with van der Waals surface area (Å²) < 4.78 is 13.3. The van der Waals surface area contributed by atoms with E-state index in [1.165, 1.54) is 4.57 Å². The van der Waals surface area contributed by atoms with Crippen molar-refractivity contribution in [1.82, 2.24) is 4.57 Å². The Balaban J connectivity index is 2.54. The zero-order valence-electron chi connectivity index (χ0n) is 13.4. The van der Waals surface area contributed by atoms with Crippen molar-refractivity contribution >= 4 is 22.0 Å². The summed E-state index contributed by atoms with van der Waals surface area (Å²) in [6, 6.07) is 7.71. The van der Waals surface area contributed by atoms with Crippen molar-refractivity contribution in [3.63, 3.8) is 0 Å². The Bertz CT molecular complexity index is 698. The zero-order chi connectivity index (χ0) is 16.5. The Morgan fingerprint density at radius 3 is 2.55 bits per heavy atom. The van der Waals surface area contributed by atoms with Gasteiger partial charge in [0, 0.05) is 16.2 Å². The summed E-state index contributed by atoms with van der Waals surface area (Å²) in [5, 5.41) is 0. The van der Waals surface area contributed by atoms with Crippen LogP contribution >= 0.6 is 15.9 Å². The lowest BCUT2D eigenvalue weighted by molar-refractivity contribution is 0.0540. The van der Waals surface area contributed by atoms with E-state index >= 15 is 0 Å². The molecule has 0 unspecified atom stereocenters. The number of hydrogen-bond donors (Lipinski definition) is 0. The van der Waals surface area contributed by atoms with E-state index in [2.05, 4.69) is 15.9 Å². The first kappa shape index (κ1) is 16.6. The van der Waals surface area contributed by atoms with Gasteiger partial charge in [0.2, 0.25) is 0 Å². The van der Waals surface area contributed by atoms with Crippen molar-refractivity contribution in [1.29, 1.82) is 0 Å². The van der Waals surface area contributed by atoms with E-state index in [-0.39, 0.29) is 0 Å². The predicted molar refractivity (Wildman–Crippen MR) is 90.5 cm³/mol. The van der Waals surface area contributed by atoms with Gasteiger partial charge in [-0.2, -0.15) is 0 Å². The highest BCUT2D eigenvalue weighted by atomic mass is 79.9. The molecule has 0 saturated carbocycles. The van der Waals surface area contributed by atoms with Crippen LogP contribution in [0.2, 0.25) is 0 Å². The minimum Gasteiger partial charge on any atom is -0.496 e. The highest BCUT2D eigenvalue weighted by molar-refractivity contribution is 9.10. The summed E-state index contributed by atoms with van der Waals surface area (Å²) in [6.45, 7) is 7.50. The molecule has 2 aromatic rings. The lowest BCUT2D eigenvalue weighted by Crippen LogP contribution is -2.27. The van der Waals surface area contributed by atoms with Gasteiger partial charge in [0.05, 0.1) is 12.8 Å². The number of ether oxygens (including phenoxy) is 2. The molecule has 0 aliphatic rings. The molecule has 0 saturated heterocycles. The summed E-state index contributed by atoms with van der Waals surface area (Å²) in [7, 11) is 1.63. The second-order valence-corrected chi connectivity index (χ2v) is 6.97. The Hall–Kier alpha value is -1.75. The number of aromatic nitrogens is 1. The quantitative estimate of drug-likeness (QED) is 0.750. The molecule has 0 fully saturated rings. The van der Waals surface area contributed by atoms with Crippen LogP contribution in [0.1, 0.15) is 26.3 Å². The fourth-order valence-electron chi connectivity index (χ4n) is 2.23. The zero-order valence-corrected chi connectivity index (χ0v) is 15.0. The summed E-state index contributed by atoms with van der Waals surface area (Å²) in [4.78, 5) is 12.4. The third-order valence-electron chi connectivity index (χ3n) is 3.07. The fourth-order valence-corrected chi connectivity index (χ4v) is 2.65. The molecule has 0 spiro atoms. The van der Waals surface area contributed by atoms with Gasteiger partial charge in [-0.15, -0.1) is 0 Å². The molecule has 1 aromatic carbocycles. The van der Waals surface area contributed by atoms with E-state index in [0.717, 1.165) is 27.0 Å². The van der Waals surface area contributed by atoms with E-state index < -0.39 is 11.7 Å².